The number of amides is 1. The number of thioether (sulfide) groups is 1. The molecule has 0 saturated carbocycles. The van der Waals surface area contributed by atoms with E-state index in [-0.39, 0.29) is 18.3 Å². The zero-order valence-corrected chi connectivity index (χ0v) is 29.9. The van der Waals surface area contributed by atoms with E-state index >= 15 is 0 Å². The molecule has 48 heavy (non-hydrogen) atoms. The van der Waals surface area contributed by atoms with E-state index < -0.39 is 0 Å². The van der Waals surface area contributed by atoms with Crippen molar-refractivity contribution in [2.45, 2.75) is 84.6 Å². The molecule has 0 aliphatic carbocycles. The topological polar surface area (TPSA) is 79.6 Å². The van der Waals surface area contributed by atoms with Crippen LogP contribution >= 0.6 is 24.0 Å². The van der Waals surface area contributed by atoms with E-state index in [2.05, 4.69) is 22.8 Å². The summed E-state index contributed by atoms with van der Waals surface area (Å²) in [5.41, 5.74) is 2.98. The van der Waals surface area contributed by atoms with Gasteiger partial charge in [0, 0.05) is 45.5 Å². The Labute approximate surface area is 293 Å². The van der Waals surface area contributed by atoms with Crippen LogP contribution in [-0.2, 0) is 11.3 Å². The van der Waals surface area contributed by atoms with Crippen LogP contribution in [0.5, 0.6) is 11.5 Å². The molecule has 0 N–H and O–H groups in total. The van der Waals surface area contributed by atoms with E-state index in [4.69, 9.17) is 26.7 Å². The van der Waals surface area contributed by atoms with Gasteiger partial charge >= 0.3 is 0 Å². The van der Waals surface area contributed by atoms with Crippen LogP contribution in [0, 0.1) is 6.92 Å². The Morgan fingerprint density at radius 2 is 1.62 bits per heavy atom. The minimum Gasteiger partial charge on any atom is -0.454 e. The molecule has 9 nitrogen and oxygen atoms in total. The maximum atomic E-state index is 14.0. The highest BCUT2D eigenvalue weighted by atomic mass is 32.2. The molecule has 1 aromatic carbocycles. The minimum atomic E-state index is -0.179. The fourth-order valence-corrected chi connectivity index (χ4v) is 7.95. The first-order valence-electron chi connectivity index (χ1n) is 17.6. The second kappa shape index (κ2) is 16.3. The van der Waals surface area contributed by atoms with Crippen molar-refractivity contribution in [3.05, 3.63) is 68.5 Å². The number of carbonyl (C=O) groups is 1. The fourth-order valence-electron chi connectivity index (χ4n) is 6.66. The molecule has 2 saturated heterocycles. The van der Waals surface area contributed by atoms with Crippen molar-refractivity contribution in [2.75, 3.05) is 44.4 Å². The number of thiocarbonyl (C=S) groups is 1. The smallest absolute Gasteiger partial charge is 0.267 e. The maximum Gasteiger partial charge on any atom is 0.267 e. The number of nitrogens with zero attached hydrogens (tertiary/aromatic N) is 5. The number of aryl methyl sites for hydroxylation is 1. The van der Waals surface area contributed by atoms with Crippen LogP contribution in [0.2, 0.25) is 0 Å². The van der Waals surface area contributed by atoms with Crippen molar-refractivity contribution in [3.8, 4) is 11.5 Å². The first-order valence-corrected chi connectivity index (χ1v) is 18.8. The van der Waals surface area contributed by atoms with Crippen LogP contribution in [0.1, 0.15) is 87.8 Å². The standard InChI is InChI=1S/C37H47N5O4S2/c1-3-4-5-6-7-8-9-10-11-12-17-42-36(44)32(48-37(42)47)24-29-34(38-33-27(2)14-13-18-41(33)35(29)43)40-21-19-39(20-22-40)25-28-15-16-30-31(23-28)46-26-45-30/h13-16,18,23-24H,3-12,17,19-22,25-26H2,1-2H3. The summed E-state index contributed by atoms with van der Waals surface area (Å²) in [5.74, 6) is 2.09. The lowest BCUT2D eigenvalue weighted by molar-refractivity contribution is -0.122. The number of benzene rings is 1. The van der Waals surface area contributed by atoms with E-state index in [0.29, 0.717) is 45.9 Å². The van der Waals surface area contributed by atoms with E-state index in [1.54, 1.807) is 21.6 Å². The van der Waals surface area contributed by atoms with Crippen molar-refractivity contribution in [1.82, 2.24) is 19.2 Å². The summed E-state index contributed by atoms with van der Waals surface area (Å²) in [5, 5.41) is 0. The molecule has 2 fully saturated rings. The van der Waals surface area contributed by atoms with E-state index in [0.717, 1.165) is 49.5 Å². The average Bonchev–Trinajstić information content (AvgIpc) is 3.66. The molecule has 3 aromatic rings. The van der Waals surface area contributed by atoms with Gasteiger partial charge in [-0.05, 0) is 48.7 Å². The van der Waals surface area contributed by atoms with Gasteiger partial charge in [0.2, 0.25) is 6.79 Å². The molecule has 1 amide bonds. The molecule has 11 heteroatoms. The summed E-state index contributed by atoms with van der Waals surface area (Å²) in [6, 6.07) is 9.92. The summed E-state index contributed by atoms with van der Waals surface area (Å²) in [6.07, 6.45) is 15.9. The highest BCUT2D eigenvalue weighted by molar-refractivity contribution is 8.26. The minimum absolute atomic E-state index is 0.117. The molecule has 5 heterocycles. The number of aromatic nitrogens is 2. The van der Waals surface area contributed by atoms with E-state index in [9.17, 15) is 9.59 Å². The zero-order chi connectivity index (χ0) is 33.5. The molecule has 0 radical (unpaired) electrons. The van der Waals surface area contributed by atoms with Crippen LogP contribution in [0.15, 0.2) is 46.2 Å². The number of pyridine rings is 1. The van der Waals surface area contributed by atoms with Crippen LogP contribution in [0.4, 0.5) is 5.82 Å². The van der Waals surface area contributed by atoms with Gasteiger partial charge in [0.25, 0.3) is 11.5 Å². The molecule has 256 valence electrons. The molecular weight excluding hydrogens is 643 g/mol. The van der Waals surface area contributed by atoms with Crippen LogP contribution in [0.3, 0.4) is 0 Å². The average molecular weight is 690 g/mol. The van der Waals surface area contributed by atoms with Crippen molar-refractivity contribution in [3.63, 3.8) is 0 Å². The van der Waals surface area contributed by atoms with Gasteiger partial charge < -0.3 is 14.4 Å². The number of unbranched alkanes of at least 4 members (excludes halogenated alkanes) is 9. The lowest BCUT2D eigenvalue weighted by atomic mass is 10.1. The third kappa shape index (κ3) is 8.06. The van der Waals surface area contributed by atoms with Gasteiger partial charge in [-0.25, -0.2) is 4.98 Å². The number of ether oxygens (including phenoxy) is 2. The third-order valence-corrected chi connectivity index (χ3v) is 10.8. The Hall–Kier alpha value is -3.41. The first-order chi connectivity index (χ1) is 23.4. The van der Waals surface area contributed by atoms with Gasteiger partial charge in [0.05, 0.1) is 10.5 Å². The Morgan fingerprint density at radius 1 is 0.917 bits per heavy atom. The van der Waals surface area contributed by atoms with E-state index in [1.807, 2.05) is 31.2 Å². The van der Waals surface area contributed by atoms with Gasteiger partial charge in [-0.1, -0.05) is 101 Å². The van der Waals surface area contributed by atoms with Gasteiger partial charge in [0.15, 0.2) is 11.5 Å². The lowest BCUT2D eigenvalue weighted by Gasteiger charge is -2.36. The highest BCUT2D eigenvalue weighted by Crippen LogP contribution is 2.35. The van der Waals surface area contributed by atoms with Crippen LogP contribution in [-0.4, -0.2) is 68.9 Å². The third-order valence-electron chi connectivity index (χ3n) is 9.46. The predicted octanol–water partition coefficient (Wildman–Crippen LogP) is 7.18. The van der Waals surface area contributed by atoms with Gasteiger partial charge in [-0.15, -0.1) is 0 Å². The Bertz CT molecular complexity index is 1720. The van der Waals surface area contributed by atoms with Gasteiger partial charge in [-0.2, -0.15) is 0 Å². The summed E-state index contributed by atoms with van der Waals surface area (Å²) >= 11 is 6.94. The number of anilines is 1. The molecule has 3 aliphatic rings. The molecule has 0 atom stereocenters. The number of hydrogen-bond donors (Lipinski definition) is 0. The number of carbonyl (C=O) groups excluding carboxylic acids is 1. The fraction of sp³-hybridized carbons (Fsp3) is 0.514. The molecule has 6 rings (SSSR count). The Kier molecular flexibility index (Phi) is 11.7. The van der Waals surface area contributed by atoms with Crippen LogP contribution in [0.25, 0.3) is 11.7 Å². The summed E-state index contributed by atoms with van der Waals surface area (Å²) in [6.45, 7) is 8.93. The summed E-state index contributed by atoms with van der Waals surface area (Å²) in [4.78, 5) is 39.4. The normalized spacial score (nSPS) is 17.4. The lowest BCUT2D eigenvalue weighted by Crippen LogP contribution is -2.47. The predicted molar refractivity (Wildman–Crippen MR) is 198 cm³/mol. The quantitative estimate of drug-likeness (QED) is 0.0937. The van der Waals surface area contributed by atoms with Crippen molar-refractivity contribution < 1.29 is 14.3 Å². The highest BCUT2D eigenvalue weighted by Gasteiger charge is 2.33. The Morgan fingerprint density at radius 3 is 2.38 bits per heavy atom. The molecule has 0 unspecified atom stereocenters. The largest absolute Gasteiger partial charge is 0.454 e. The molecular formula is C37H47N5O4S2. The summed E-state index contributed by atoms with van der Waals surface area (Å²) < 4.78 is 13.2. The van der Waals surface area contributed by atoms with Gasteiger partial charge in [-0.3, -0.25) is 23.8 Å². The van der Waals surface area contributed by atoms with E-state index in [1.165, 1.54) is 68.7 Å². The number of fused-ring (bicyclic) bond motifs is 2. The van der Waals surface area contributed by atoms with Crippen molar-refractivity contribution in [1.29, 1.82) is 0 Å². The van der Waals surface area contributed by atoms with Crippen molar-refractivity contribution in [2.24, 2.45) is 0 Å². The number of rotatable bonds is 15. The number of hydrogen-bond acceptors (Lipinski definition) is 9. The van der Waals surface area contributed by atoms with Crippen LogP contribution < -0.4 is 19.9 Å². The zero-order valence-electron chi connectivity index (χ0n) is 28.2. The molecule has 3 aliphatic heterocycles. The monoisotopic (exact) mass is 689 g/mol. The Balaban J connectivity index is 1.12. The first kappa shape index (κ1) is 34.5. The second-order valence-corrected chi connectivity index (χ2v) is 14.7. The number of piperazine rings is 1. The summed E-state index contributed by atoms with van der Waals surface area (Å²) in [7, 11) is 0. The molecule has 0 spiro atoms. The second-order valence-electron chi connectivity index (χ2n) is 13.0. The SMILES string of the molecule is CCCCCCCCCCCCN1C(=O)C(=Cc2c(N3CCN(Cc4ccc5c(c4)OCO5)CC3)nc3c(C)cccn3c2=O)SC1=S. The van der Waals surface area contributed by atoms with Gasteiger partial charge in [0.1, 0.15) is 15.8 Å². The molecule has 0 bridgehead atoms. The molecule has 2 aromatic heterocycles. The maximum absolute atomic E-state index is 14.0. The van der Waals surface area contributed by atoms with Crippen molar-refractivity contribution >= 4 is 51.7 Å².